The molecule has 1 atom stereocenters. The van der Waals surface area contributed by atoms with Gasteiger partial charge < -0.3 is 19.9 Å². The molecule has 1 amide bonds. The Labute approximate surface area is 140 Å². The van der Waals surface area contributed by atoms with Crippen LogP contribution in [0.15, 0.2) is 0 Å². The molecule has 0 aromatic carbocycles. The molecule has 3 rings (SSSR count). The quantitative estimate of drug-likeness (QED) is 0.844. The van der Waals surface area contributed by atoms with E-state index in [1.807, 2.05) is 11.8 Å². The Morgan fingerprint density at radius 3 is 2.43 bits per heavy atom. The van der Waals surface area contributed by atoms with Crippen molar-refractivity contribution in [2.45, 2.75) is 64.0 Å². The number of nitrogens with zero attached hydrogens (tertiary/aromatic N) is 2. The molecule has 0 spiro atoms. The molecule has 2 aliphatic heterocycles. The van der Waals surface area contributed by atoms with E-state index >= 15 is 0 Å². The van der Waals surface area contributed by atoms with Crippen molar-refractivity contribution in [3.63, 3.8) is 0 Å². The lowest BCUT2D eigenvalue weighted by Crippen LogP contribution is -2.48. The van der Waals surface area contributed by atoms with Crippen molar-refractivity contribution in [1.82, 2.24) is 15.1 Å². The largest absolute Gasteiger partial charge is 0.450 e. The maximum absolute atomic E-state index is 11.7. The molecule has 5 heteroatoms. The number of hydrogen-bond acceptors (Lipinski definition) is 4. The molecule has 2 saturated heterocycles. The number of nitrogens with one attached hydrogen (secondary N) is 1. The minimum Gasteiger partial charge on any atom is -0.450 e. The van der Waals surface area contributed by atoms with Crippen LogP contribution in [0.1, 0.15) is 51.9 Å². The van der Waals surface area contributed by atoms with Gasteiger partial charge in [0, 0.05) is 38.3 Å². The SMILES string of the molecule is CCOC(=O)N1CCC(N[C@@H]2CCN(CC3CCCC3)C2)CC1. The molecule has 132 valence electrons. The number of carbonyl (C=O) groups is 1. The fourth-order valence-electron chi connectivity index (χ4n) is 4.47. The van der Waals surface area contributed by atoms with E-state index in [9.17, 15) is 4.79 Å². The first kappa shape index (κ1) is 17.0. The third-order valence-corrected chi connectivity index (χ3v) is 5.76. The van der Waals surface area contributed by atoms with Crippen molar-refractivity contribution in [2.75, 3.05) is 39.3 Å². The summed E-state index contributed by atoms with van der Waals surface area (Å²) in [6.45, 7) is 7.79. The Balaban J connectivity index is 1.34. The molecule has 1 aliphatic carbocycles. The van der Waals surface area contributed by atoms with Gasteiger partial charge in [-0.3, -0.25) is 0 Å². The highest BCUT2D eigenvalue weighted by Crippen LogP contribution is 2.27. The summed E-state index contributed by atoms with van der Waals surface area (Å²) in [5, 5.41) is 3.84. The minimum absolute atomic E-state index is 0.144. The van der Waals surface area contributed by atoms with Crippen molar-refractivity contribution in [1.29, 1.82) is 0 Å². The lowest BCUT2D eigenvalue weighted by molar-refractivity contribution is 0.0942. The molecule has 0 aromatic rings. The molecular formula is C18H33N3O2. The summed E-state index contributed by atoms with van der Waals surface area (Å²) in [4.78, 5) is 16.3. The Kier molecular flexibility index (Phi) is 6.17. The lowest BCUT2D eigenvalue weighted by atomic mass is 10.0. The molecule has 0 bridgehead atoms. The Morgan fingerprint density at radius 1 is 1.04 bits per heavy atom. The van der Waals surface area contributed by atoms with Crippen molar-refractivity contribution in [2.24, 2.45) is 5.92 Å². The standard InChI is InChI=1S/C18H33N3O2/c1-2-23-18(22)21-11-8-16(9-12-21)19-17-7-10-20(14-17)13-15-5-3-4-6-15/h15-17,19H,2-14H2,1H3/t17-/m1/s1. The minimum atomic E-state index is -0.144. The average molecular weight is 323 g/mol. The van der Waals surface area contributed by atoms with Gasteiger partial charge in [-0.25, -0.2) is 4.79 Å². The van der Waals surface area contributed by atoms with Crippen LogP contribution in [-0.4, -0.2) is 67.3 Å². The van der Waals surface area contributed by atoms with Gasteiger partial charge in [-0.05, 0) is 51.5 Å². The summed E-state index contributed by atoms with van der Waals surface area (Å²) in [6.07, 6.45) is 9.02. The Hall–Kier alpha value is -0.810. The van der Waals surface area contributed by atoms with E-state index in [2.05, 4.69) is 10.2 Å². The number of carbonyl (C=O) groups excluding carboxylic acids is 1. The van der Waals surface area contributed by atoms with Crippen molar-refractivity contribution >= 4 is 6.09 Å². The zero-order valence-electron chi connectivity index (χ0n) is 14.6. The monoisotopic (exact) mass is 323 g/mol. The second-order valence-electron chi connectivity index (χ2n) is 7.52. The van der Waals surface area contributed by atoms with Crippen LogP contribution in [0.25, 0.3) is 0 Å². The van der Waals surface area contributed by atoms with E-state index in [1.54, 1.807) is 0 Å². The van der Waals surface area contributed by atoms with Crippen molar-refractivity contribution < 1.29 is 9.53 Å². The molecule has 0 aromatic heterocycles. The van der Waals surface area contributed by atoms with E-state index in [1.165, 1.54) is 51.7 Å². The summed E-state index contributed by atoms with van der Waals surface area (Å²) in [7, 11) is 0. The van der Waals surface area contributed by atoms with Gasteiger partial charge in [0.15, 0.2) is 0 Å². The second-order valence-corrected chi connectivity index (χ2v) is 7.52. The molecule has 3 fully saturated rings. The Morgan fingerprint density at radius 2 is 1.74 bits per heavy atom. The average Bonchev–Trinajstić information content (AvgIpc) is 3.21. The van der Waals surface area contributed by atoms with Crippen molar-refractivity contribution in [3.05, 3.63) is 0 Å². The number of rotatable bonds is 5. The molecule has 1 saturated carbocycles. The molecule has 5 nitrogen and oxygen atoms in total. The fourth-order valence-corrected chi connectivity index (χ4v) is 4.47. The van der Waals surface area contributed by atoms with E-state index in [0.717, 1.165) is 31.8 Å². The summed E-state index contributed by atoms with van der Waals surface area (Å²) < 4.78 is 5.09. The van der Waals surface area contributed by atoms with Crippen LogP contribution in [0.4, 0.5) is 4.79 Å². The highest BCUT2D eigenvalue weighted by Gasteiger charge is 2.29. The predicted octanol–water partition coefficient (Wildman–Crippen LogP) is 2.46. The van der Waals surface area contributed by atoms with Crippen LogP contribution in [0.3, 0.4) is 0 Å². The van der Waals surface area contributed by atoms with E-state index in [-0.39, 0.29) is 6.09 Å². The van der Waals surface area contributed by atoms with Gasteiger partial charge in [0.1, 0.15) is 0 Å². The second kappa shape index (κ2) is 8.34. The van der Waals surface area contributed by atoms with Crippen LogP contribution in [0.2, 0.25) is 0 Å². The van der Waals surface area contributed by atoms with E-state index < -0.39 is 0 Å². The van der Waals surface area contributed by atoms with Gasteiger partial charge in [0.05, 0.1) is 6.61 Å². The van der Waals surface area contributed by atoms with Crippen LogP contribution in [0, 0.1) is 5.92 Å². The summed E-state index contributed by atoms with van der Waals surface area (Å²) in [6, 6.07) is 1.22. The highest BCUT2D eigenvalue weighted by atomic mass is 16.6. The molecular weight excluding hydrogens is 290 g/mol. The summed E-state index contributed by atoms with van der Waals surface area (Å²) in [5.41, 5.74) is 0. The molecule has 3 aliphatic rings. The van der Waals surface area contributed by atoms with E-state index in [0.29, 0.717) is 18.7 Å². The summed E-state index contributed by atoms with van der Waals surface area (Å²) in [5.74, 6) is 0.960. The molecule has 2 heterocycles. The maximum Gasteiger partial charge on any atom is 0.409 e. The maximum atomic E-state index is 11.7. The van der Waals surface area contributed by atoms with Gasteiger partial charge in [0.2, 0.25) is 0 Å². The Bertz CT molecular complexity index is 376. The topological polar surface area (TPSA) is 44.8 Å². The first-order valence-corrected chi connectivity index (χ1v) is 9.64. The van der Waals surface area contributed by atoms with Gasteiger partial charge in [-0.1, -0.05) is 12.8 Å². The van der Waals surface area contributed by atoms with Crippen LogP contribution < -0.4 is 5.32 Å². The normalized spacial score (nSPS) is 27.7. The van der Waals surface area contributed by atoms with Crippen LogP contribution in [-0.2, 0) is 4.74 Å². The molecule has 0 unspecified atom stereocenters. The van der Waals surface area contributed by atoms with Crippen LogP contribution >= 0.6 is 0 Å². The number of hydrogen-bond donors (Lipinski definition) is 1. The predicted molar refractivity (Wildman–Crippen MR) is 91.6 cm³/mol. The first-order valence-electron chi connectivity index (χ1n) is 9.64. The van der Waals surface area contributed by atoms with Crippen molar-refractivity contribution in [3.8, 4) is 0 Å². The molecule has 23 heavy (non-hydrogen) atoms. The lowest BCUT2D eigenvalue weighted by Gasteiger charge is -2.33. The first-order chi connectivity index (χ1) is 11.2. The molecule has 0 radical (unpaired) electrons. The zero-order valence-corrected chi connectivity index (χ0v) is 14.6. The fraction of sp³-hybridized carbons (Fsp3) is 0.944. The highest BCUT2D eigenvalue weighted by molar-refractivity contribution is 5.67. The smallest absolute Gasteiger partial charge is 0.409 e. The van der Waals surface area contributed by atoms with E-state index in [4.69, 9.17) is 4.74 Å². The number of piperidine rings is 1. The number of amides is 1. The molecule has 1 N–H and O–H groups in total. The van der Waals surface area contributed by atoms with Crippen LogP contribution in [0.5, 0.6) is 0 Å². The third kappa shape index (κ3) is 4.83. The van der Waals surface area contributed by atoms with Gasteiger partial charge in [0.25, 0.3) is 0 Å². The number of ether oxygens (including phenoxy) is 1. The van der Waals surface area contributed by atoms with Gasteiger partial charge >= 0.3 is 6.09 Å². The third-order valence-electron chi connectivity index (χ3n) is 5.76. The van der Waals surface area contributed by atoms with Gasteiger partial charge in [-0.15, -0.1) is 0 Å². The summed E-state index contributed by atoms with van der Waals surface area (Å²) >= 11 is 0. The zero-order chi connectivity index (χ0) is 16.1. The van der Waals surface area contributed by atoms with Gasteiger partial charge in [-0.2, -0.15) is 0 Å². The number of likely N-dealkylation sites (tertiary alicyclic amines) is 2.